The first-order valence-corrected chi connectivity index (χ1v) is 8.37. The van der Waals surface area contributed by atoms with E-state index in [1.165, 1.54) is 25.7 Å². The van der Waals surface area contributed by atoms with E-state index in [2.05, 4.69) is 45.7 Å². The van der Waals surface area contributed by atoms with Crippen LogP contribution >= 0.6 is 0 Å². The van der Waals surface area contributed by atoms with E-state index < -0.39 is 0 Å². The predicted molar refractivity (Wildman–Crippen MR) is 93.4 cm³/mol. The summed E-state index contributed by atoms with van der Waals surface area (Å²) in [4.78, 5) is 11.0. The predicted octanol–water partition coefficient (Wildman–Crippen LogP) is 3.14. The summed E-state index contributed by atoms with van der Waals surface area (Å²) in [5, 5.41) is 6.68. The highest BCUT2D eigenvalue weighted by Crippen LogP contribution is 2.19. The Morgan fingerprint density at radius 2 is 2.09 bits per heavy atom. The maximum atomic E-state index is 4.51. The molecule has 1 aliphatic carbocycles. The third-order valence-electron chi connectivity index (χ3n) is 3.86. The van der Waals surface area contributed by atoms with Crippen molar-refractivity contribution in [3.63, 3.8) is 0 Å². The molecule has 22 heavy (non-hydrogen) atoms. The van der Waals surface area contributed by atoms with Gasteiger partial charge in [-0.25, -0.2) is 4.98 Å². The molecule has 0 saturated heterocycles. The monoisotopic (exact) mass is 303 g/mol. The second-order valence-electron chi connectivity index (χ2n) is 6.13. The summed E-state index contributed by atoms with van der Waals surface area (Å²) in [6, 6.07) is 1.93. The van der Waals surface area contributed by atoms with E-state index in [1.807, 2.05) is 12.3 Å². The van der Waals surface area contributed by atoms with E-state index in [1.54, 1.807) is 5.57 Å². The second-order valence-corrected chi connectivity index (χ2v) is 6.13. The van der Waals surface area contributed by atoms with Gasteiger partial charge in [0, 0.05) is 19.3 Å². The molecule has 1 heterocycles. The third kappa shape index (κ3) is 6.43. The Morgan fingerprint density at radius 1 is 1.18 bits per heavy atom. The van der Waals surface area contributed by atoms with Gasteiger partial charge in [0.1, 0.15) is 5.82 Å². The van der Waals surface area contributed by atoms with Crippen LogP contribution in [0, 0.1) is 0 Å². The Bertz CT molecular complexity index is 470. The van der Waals surface area contributed by atoms with Gasteiger partial charge in [0.15, 0.2) is 0 Å². The zero-order chi connectivity index (χ0) is 15.6. The lowest BCUT2D eigenvalue weighted by Crippen LogP contribution is -2.17. The summed E-state index contributed by atoms with van der Waals surface area (Å²) in [6.07, 6.45) is 11.6. The quantitative estimate of drug-likeness (QED) is 0.542. The minimum Gasteiger partial charge on any atom is -0.370 e. The van der Waals surface area contributed by atoms with Gasteiger partial charge in [-0.3, -0.25) is 0 Å². The van der Waals surface area contributed by atoms with E-state index in [0.29, 0.717) is 5.95 Å². The highest BCUT2D eigenvalue weighted by molar-refractivity contribution is 5.39. The Balaban J connectivity index is 1.70. The zero-order valence-electron chi connectivity index (χ0n) is 13.9. The van der Waals surface area contributed by atoms with Crippen LogP contribution in [-0.2, 0) is 0 Å². The molecule has 0 saturated carbocycles. The second kappa shape index (κ2) is 9.41. The van der Waals surface area contributed by atoms with Crippen molar-refractivity contribution in [3.8, 4) is 0 Å². The van der Waals surface area contributed by atoms with Gasteiger partial charge in [-0.2, -0.15) is 4.98 Å². The summed E-state index contributed by atoms with van der Waals surface area (Å²) < 4.78 is 0. The topological polar surface area (TPSA) is 53.1 Å². The number of allylic oxidation sites excluding steroid dienone is 1. The summed E-state index contributed by atoms with van der Waals surface area (Å²) in [5.74, 6) is 1.61. The molecule has 0 atom stereocenters. The SMILES string of the molecule is CN(C)CCCNc1nccc(NCCC2=CCCCC2)n1. The van der Waals surface area contributed by atoms with Crippen molar-refractivity contribution in [1.82, 2.24) is 14.9 Å². The number of rotatable bonds is 9. The van der Waals surface area contributed by atoms with Crippen molar-refractivity contribution in [2.24, 2.45) is 0 Å². The van der Waals surface area contributed by atoms with Crippen molar-refractivity contribution in [2.45, 2.75) is 38.5 Å². The van der Waals surface area contributed by atoms with Crippen LogP contribution in [0.2, 0.25) is 0 Å². The fraction of sp³-hybridized carbons (Fsp3) is 0.647. The molecule has 0 bridgehead atoms. The molecule has 0 amide bonds. The minimum absolute atomic E-state index is 0.709. The van der Waals surface area contributed by atoms with Gasteiger partial charge in [-0.1, -0.05) is 11.6 Å². The Labute approximate surface area is 134 Å². The van der Waals surface area contributed by atoms with Crippen LogP contribution in [0.1, 0.15) is 38.5 Å². The Kier molecular flexibility index (Phi) is 7.16. The lowest BCUT2D eigenvalue weighted by atomic mass is 9.97. The van der Waals surface area contributed by atoms with Gasteiger partial charge >= 0.3 is 0 Å². The third-order valence-corrected chi connectivity index (χ3v) is 3.86. The number of hydrogen-bond acceptors (Lipinski definition) is 5. The molecule has 2 N–H and O–H groups in total. The molecule has 0 unspecified atom stereocenters. The summed E-state index contributed by atoms with van der Waals surface area (Å²) in [5.41, 5.74) is 1.59. The highest BCUT2D eigenvalue weighted by Gasteiger charge is 2.04. The van der Waals surface area contributed by atoms with E-state index in [-0.39, 0.29) is 0 Å². The fourth-order valence-corrected chi connectivity index (χ4v) is 2.62. The van der Waals surface area contributed by atoms with Crippen molar-refractivity contribution < 1.29 is 0 Å². The highest BCUT2D eigenvalue weighted by atomic mass is 15.1. The van der Waals surface area contributed by atoms with Crippen LogP contribution in [0.4, 0.5) is 11.8 Å². The van der Waals surface area contributed by atoms with Crippen LogP contribution in [0.25, 0.3) is 0 Å². The standard InChI is InChI=1S/C17H29N5/c1-22(2)14-6-11-19-17-20-13-10-16(21-17)18-12-9-15-7-4-3-5-8-15/h7,10,13H,3-6,8-9,11-12,14H2,1-2H3,(H2,18,19,20,21). The van der Waals surface area contributed by atoms with Crippen LogP contribution in [0.5, 0.6) is 0 Å². The lowest BCUT2D eigenvalue weighted by molar-refractivity contribution is 0.405. The average Bonchev–Trinajstić information content (AvgIpc) is 2.53. The molecule has 1 aliphatic rings. The normalized spacial score (nSPS) is 14.8. The van der Waals surface area contributed by atoms with Crippen LogP contribution in [0.15, 0.2) is 23.9 Å². The van der Waals surface area contributed by atoms with Crippen molar-refractivity contribution in [3.05, 3.63) is 23.9 Å². The van der Waals surface area contributed by atoms with Crippen LogP contribution in [0.3, 0.4) is 0 Å². The van der Waals surface area contributed by atoms with Gasteiger partial charge in [0.25, 0.3) is 0 Å². The molecule has 0 aliphatic heterocycles. The van der Waals surface area contributed by atoms with Gasteiger partial charge in [-0.15, -0.1) is 0 Å². The first kappa shape index (κ1) is 16.7. The van der Waals surface area contributed by atoms with Crippen molar-refractivity contribution in [1.29, 1.82) is 0 Å². The average molecular weight is 303 g/mol. The van der Waals surface area contributed by atoms with Crippen LogP contribution in [-0.4, -0.2) is 48.6 Å². The molecular weight excluding hydrogens is 274 g/mol. The number of nitrogens with one attached hydrogen (secondary N) is 2. The molecule has 5 nitrogen and oxygen atoms in total. The molecule has 122 valence electrons. The molecule has 0 fully saturated rings. The first-order valence-electron chi connectivity index (χ1n) is 8.37. The van der Waals surface area contributed by atoms with Gasteiger partial charge in [0.2, 0.25) is 5.95 Å². The Hall–Kier alpha value is -1.62. The zero-order valence-corrected chi connectivity index (χ0v) is 13.9. The maximum absolute atomic E-state index is 4.51. The first-order chi connectivity index (χ1) is 10.7. The summed E-state index contributed by atoms with van der Waals surface area (Å²) in [6.45, 7) is 2.91. The van der Waals surface area contributed by atoms with Gasteiger partial charge in [-0.05, 0) is 65.2 Å². The smallest absolute Gasteiger partial charge is 0.224 e. The van der Waals surface area contributed by atoms with E-state index in [9.17, 15) is 0 Å². The van der Waals surface area contributed by atoms with Gasteiger partial charge in [0.05, 0.1) is 0 Å². The Morgan fingerprint density at radius 3 is 2.86 bits per heavy atom. The number of nitrogens with zero attached hydrogens (tertiary/aromatic N) is 3. The lowest BCUT2D eigenvalue weighted by Gasteiger charge is -2.13. The van der Waals surface area contributed by atoms with E-state index in [4.69, 9.17) is 0 Å². The summed E-state index contributed by atoms with van der Waals surface area (Å²) >= 11 is 0. The number of hydrogen-bond donors (Lipinski definition) is 2. The number of anilines is 2. The van der Waals surface area contributed by atoms with E-state index in [0.717, 1.165) is 38.3 Å². The number of aromatic nitrogens is 2. The summed E-state index contributed by atoms with van der Waals surface area (Å²) in [7, 11) is 4.17. The molecule has 0 aromatic carbocycles. The largest absolute Gasteiger partial charge is 0.370 e. The molecule has 0 spiro atoms. The molecule has 2 rings (SSSR count). The van der Waals surface area contributed by atoms with Crippen molar-refractivity contribution >= 4 is 11.8 Å². The molecule has 1 aromatic rings. The van der Waals surface area contributed by atoms with E-state index >= 15 is 0 Å². The molecule has 5 heteroatoms. The maximum Gasteiger partial charge on any atom is 0.224 e. The van der Waals surface area contributed by atoms with Crippen molar-refractivity contribution in [2.75, 3.05) is 44.4 Å². The molecule has 0 radical (unpaired) electrons. The van der Waals surface area contributed by atoms with Gasteiger partial charge < -0.3 is 15.5 Å². The fourth-order valence-electron chi connectivity index (χ4n) is 2.62. The molecule has 1 aromatic heterocycles. The minimum atomic E-state index is 0.709. The van der Waals surface area contributed by atoms with Crippen LogP contribution < -0.4 is 10.6 Å². The molecular formula is C17H29N5.